The molecule has 4 heterocycles. The molecule has 3 aliphatic rings. The van der Waals surface area contributed by atoms with Crippen LogP contribution in [-0.2, 0) is 9.53 Å². The van der Waals surface area contributed by atoms with E-state index in [-0.39, 0.29) is 11.7 Å². The second-order valence-electron chi connectivity index (χ2n) is 9.79. The smallest absolute Gasteiger partial charge is 0.260 e. The van der Waals surface area contributed by atoms with Crippen LogP contribution in [0.1, 0.15) is 51.2 Å². The fourth-order valence-corrected chi connectivity index (χ4v) is 5.12. The Morgan fingerprint density at radius 1 is 1.26 bits per heavy atom. The maximum absolute atomic E-state index is 13.6. The highest BCUT2D eigenvalue weighted by Gasteiger charge is 2.38. The largest absolute Gasteiger partial charge is 0.482 e. The van der Waals surface area contributed by atoms with E-state index in [1.807, 2.05) is 32.1 Å². The van der Waals surface area contributed by atoms with Crippen LogP contribution in [0.4, 0.5) is 15.9 Å². The van der Waals surface area contributed by atoms with E-state index in [9.17, 15) is 9.18 Å². The maximum Gasteiger partial charge on any atom is 0.260 e. The van der Waals surface area contributed by atoms with Gasteiger partial charge in [0.1, 0.15) is 23.0 Å². The van der Waals surface area contributed by atoms with Crippen LogP contribution >= 0.6 is 0 Å². The number of halogens is 1. The molecule has 1 aromatic heterocycles. The third-order valence-corrected chi connectivity index (χ3v) is 6.98. The maximum atomic E-state index is 13.6. The van der Waals surface area contributed by atoms with E-state index in [0.717, 1.165) is 36.6 Å². The van der Waals surface area contributed by atoms with Crippen molar-refractivity contribution in [2.24, 2.45) is 0 Å². The van der Waals surface area contributed by atoms with E-state index in [1.165, 1.54) is 31.4 Å². The summed E-state index contributed by atoms with van der Waals surface area (Å²) in [4.78, 5) is 19.7. The zero-order valence-corrected chi connectivity index (χ0v) is 20.0. The standard InChI is InChI=1S/C27H31FN4O2/c1-17-6-4-5-12-32(17)13-11-30-24-14-18(9-10-29-24)21-16-23(34-27(21,2)3)25-20-8-7-19(28)15-22(20)31-26(25)33/h7-10,14-17H,4-6,11-13H2,1-3H3,(H,29,30)(H,31,33)/b25-23+. The van der Waals surface area contributed by atoms with Gasteiger partial charge in [0.05, 0.1) is 11.3 Å². The molecule has 178 valence electrons. The molecule has 2 aromatic rings. The SMILES string of the molecule is CC1CCCCN1CCNc1cc(C2=C/C(=C3\C(=O)Nc4cc(F)ccc43)OC2(C)C)ccn1. The number of hydrogen-bond donors (Lipinski definition) is 2. The fraction of sp³-hybridized carbons (Fsp3) is 0.407. The zero-order valence-electron chi connectivity index (χ0n) is 20.0. The number of carbonyl (C=O) groups excluding carboxylic acids is 1. The van der Waals surface area contributed by atoms with Crippen molar-refractivity contribution in [1.29, 1.82) is 0 Å². The lowest BCUT2D eigenvalue weighted by Gasteiger charge is -2.33. The number of fused-ring (bicyclic) bond motifs is 1. The van der Waals surface area contributed by atoms with Crippen molar-refractivity contribution in [2.45, 2.75) is 51.7 Å². The molecule has 0 aliphatic carbocycles. The third-order valence-electron chi connectivity index (χ3n) is 6.98. The van der Waals surface area contributed by atoms with Crippen molar-refractivity contribution >= 4 is 28.6 Å². The topological polar surface area (TPSA) is 66.5 Å². The Balaban J connectivity index is 1.38. The number of piperidine rings is 1. The lowest BCUT2D eigenvalue weighted by molar-refractivity contribution is -0.111. The second-order valence-corrected chi connectivity index (χ2v) is 9.79. The average Bonchev–Trinajstić information content (AvgIpc) is 3.29. The first-order chi connectivity index (χ1) is 16.3. The number of aromatic nitrogens is 1. The zero-order chi connectivity index (χ0) is 23.9. The predicted octanol–water partition coefficient (Wildman–Crippen LogP) is 5.06. The summed E-state index contributed by atoms with van der Waals surface area (Å²) < 4.78 is 19.9. The Morgan fingerprint density at radius 3 is 2.94 bits per heavy atom. The van der Waals surface area contributed by atoms with Crippen molar-refractivity contribution in [2.75, 3.05) is 30.3 Å². The van der Waals surface area contributed by atoms with Gasteiger partial charge in [-0.3, -0.25) is 9.69 Å². The highest BCUT2D eigenvalue weighted by Crippen LogP contribution is 2.44. The minimum atomic E-state index is -0.632. The first-order valence-electron chi connectivity index (χ1n) is 12.0. The van der Waals surface area contributed by atoms with Gasteiger partial charge in [-0.2, -0.15) is 0 Å². The lowest BCUT2D eigenvalue weighted by Crippen LogP contribution is -2.40. The molecular formula is C27H31FN4O2. The molecule has 5 rings (SSSR count). The molecule has 1 fully saturated rings. The van der Waals surface area contributed by atoms with Crippen LogP contribution < -0.4 is 10.6 Å². The number of rotatable bonds is 5. The summed E-state index contributed by atoms with van der Waals surface area (Å²) in [6.07, 6.45) is 7.58. The minimum absolute atomic E-state index is 0.284. The number of ether oxygens (including phenoxy) is 1. The molecule has 0 saturated carbocycles. The Bertz CT molecular complexity index is 1190. The Morgan fingerprint density at radius 2 is 2.12 bits per heavy atom. The van der Waals surface area contributed by atoms with Crippen molar-refractivity contribution < 1.29 is 13.9 Å². The van der Waals surface area contributed by atoms with Gasteiger partial charge in [0, 0.05) is 36.5 Å². The third kappa shape index (κ3) is 4.32. The van der Waals surface area contributed by atoms with E-state index in [1.54, 1.807) is 12.3 Å². The van der Waals surface area contributed by atoms with Crippen molar-refractivity contribution in [3.05, 3.63) is 65.3 Å². The molecule has 34 heavy (non-hydrogen) atoms. The van der Waals surface area contributed by atoms with Crippen LogP contribution in [0.5, 0.6) is 0 Å². The molecule has 1 saturated heterocycles. The molecule has 0 spiro atoms. The lowest BCUT2D eigenvalue weighted by atomic mass is 9.92. The summed E-state index contributed by atoms with van der Waals surface area (Å²) in [6, 6.07) is 8.93. The van der Waals surface area contributed by atoms with E-state index in [0.29, 0.717) is 28.6 Å². The first-order valence-corrected chi connectivity index (χ1v) is 12.0. The van der Waals surface area contributed by atoms with Gasteiger partial charge >= 0.3 is 0 Å². The number of benzene rings is 1. The van der Waals surface area contributed by atoms with Gasteiger partial charge in [0.15, 0.2) is 0 Å². The molecular weight excluding hydrogens is 431 g/mol. The van der Waals surface area contributed by atoms with Crippen LogP contribution in [0.2, 0.25) is 0 Å². The van der Waals surface area contributed by atoms with Crippen LogP contribution in [0, 0.1) is 5.82 Å². The fourth-order valence-electron chi connectivity index (χ4n) is 5.12. The number of nitrogens with zero attached hydrogens (tertiary/aromatic N) is 2. The van der Waals surface area contributed by atoms with Gasteiger partial charge in [0.2, 0.25) is 0 Å². The summed E-state index contributed by atoms with van der Waals surface area (Å²) in [6.45, 7) is 9.26. The highest BCUT2D eigenvalue weighted by molar-refractivity contribution is 6.32. The van der Waals surface area contributed by atoms with Gasteiger partial charge < -0.3 is 15.4 Å². The second kappa shape index (κ2) is 8.87. The summed E-state index contributed by atoms with van der Waals surface area (Å²) in [5.74, 6) is 0.640. The van der Waals surface area contributed by atoms with E-state index >= 15 is 0 Å². The van der Waals surface area contributed by atoms with Crippen molar-refractivity contribution in [1.82, 2.24) is 9.88 Å². The molecule has 3 aliphatic heterocycles. The molecule has 1 amide bonds. The monoisotopic (exact) mass is 462 g/mol. The van der Waals surface area contributed by atoms with Crippen molar-refractivity contribution in [3.63, 3.8) is 0 Å². The Kier molecular flexibility index (Phi) is 5.90. The van der Waals surface area contributed by atoms with Gasteiger partial charge in [-0.25, -0.2) is 9.37 Å². The molecule has 2 N–H and O–H groups in total. The molecule has 1 unspecified atom stereocenters. The number of amides is 1. The summed E-state index contributed by atoms with van der Waals surface area (Å²) in [5.41, 5.74) is 2.87. The van der Waals surface area contributed by atoms with Gasteiger partial charge in [-0.05, 0) is 82.1 Å². The summed E-state index contributed by atoms with van der Waals surface area (Å²) in [7, 11) is 0. The van der Waals surface area contributed by atoms with Crippen LogP contribution in [-0.4, -0.2) is 47.1 Å². The van der Waals surface area contributed by atoms with Gasteiger partial charge in [-0.1, -0.05) is 6.42 Å². The highest BCUT2D eigenvalue weighted by atomic mass is 19.1. The Labute approximate surface area is 199 Å². The Hall–Kier alpha value is -3.19. The van der Waals surface area contributed by atoms with Gasteiger partial charge in [-0.15, -0.1) is 0 Å². The number of anilines is 2. The number of pyridine rings is 1. The minimum Gasteiger partial charge on any atom is -0.482 e. The number of likely N-dealkylation sites (tertiary alicyclic amines) is 1. The normalized spacial score (nSPS) is 23.8. The number of carbonyl (C=O) groups is 1. The van der Waals surface area contributed by atoms with E-state index < -0.39 is 5.60 Å². The van der Waals surface area contributed by atoms with Crippen LogP contribution in [0.3, 0.4) is 0 Å². The number of nitrogens with one attached hydrogen (secondary N) is 2. The molecule has 1 aromatic carbocycles. The predicted molar refractivity (Wildman–Crippen MR) is 133 cm³/mol. The molecule has 0 bridgehead atoms. The molecule has 7 heteroatoms. The molecule has 6 nitrogen and oxygen atoms in total. The summed E-state index contributed by atoms with van der Waals surface area (Å²) in [5, 5.41) is 6.20. The van der Waals surface area contributed by atoms with Crippen LogP contribution in [0.25, 0.3) is 11.1 Å². The average molecular weight is 463 g/mol. The molecule has 0 radical (unpaired) electrons. The number of allylic oxidation sites excluding steroid dienone is 1. The first kappa shape index (κ1) is 22.6. The quantitative estimate of drug-likeness (QED) is 0.608. The summed E-state index contributed by atoms with van der Waals surface area (Å²) >= 11 is 0. The van der Waals surface area contributed by atoms with Crippen LogP contribution in [0.15, 0.2) is 48.4 Å². The molecule has 1 atom stereocenters. The van der Waals surface area contributed by atoms with Gasteiger partial charge in [0.25, 0.3) is 5.91 Å². The van der Waals surface area contributed by atoms with Crippen molar-refractivity contribution in [3.8, 4) is 0 Å². The number of hydrogen-bond acceptors (Lipinski definition) is 5. The van der Waals surface area contributed by atoms with E-state index in [2.05, 4.69) is 27.4 Å². The van der Waals surface area contributed by atoms with E-state index in [4.69, 9.17) is 4.74 Å².